The molecule has 1 N–H and O–H groups in total. The smallest absolute Gasteiger partial charge is 0.222 e. The van der Waals surface area contributed by atoms with Crippen molar-refractivity contribution in [2.24, 2.45) is 0 Å². The quantitative estimate of drug-likeness (QED) is 0.900. The van der Waals surface area contributed by atoms with Crippen LogP contribution in [0.5, 0.6) is 0 Å². The molecule has 2 rings (SSSR count). The second-order valence-electron chi connectivity index (χ2n) is 6.31. The molecule has 4 nitrogen and oxygen atoms in total. The summed E-state index contributed by atoms with van der Waals surface area (Å²) in [6, 6.07) is 10.3. The van der Waals surface area contributed by atoms with E-state index in [1.165, 1.54) is 5.56 Å². The van der Waals surface area contributed by atoms with Gasteiger partial charge in [-0.1, -0.05) is 30.3 Å². The van der Waals surface area contributed by atoms with Crippen LogP contribution in [0.25, 0.3) is 0 Å². The van der Waals surface area contributed by atoms with Gasteiger partial charge in [0.05, 0.1) is 5.60 Å². The van der Waals surface area contributed by atoms with Crippen LogP contribution in [0.2, 0.25) is 0 Å². The molecule has 1 heterocycles. The van der Waals surface area contributed by atoms with E-state index in [2.05, 4.69) is 17.0 Å². The Morgan fingerprint density at radius 3 is 2.71 bits per heavy atom. The van der Waals surface area contributed by atoms with Crippen molar-refractivity contribution in [3.63, 3.8) is 0 Å². The molecule has 0 aliphatic carbocycles. The first-order valence-corrected chi connectivity index (χ1v) is 7.67. The van der Waals surface area contributed by atoms with Crippen molar-refractivity contribution in [3.05, 3.63) is 35.9 Å². The monoisotopic (exact) mass is 290 g/mol. The van der Waals surface area contributed by atoms with E-state index in [1.807, 2.05) is 18.2 Å². The molecule has 1 fully saturated rings. The molecule has 1 aliphatic rings. The Kier molecular flexibility index (Phi) is 5.37. The molecule has 0 saturated carbocycles. The maximum atomic E-state index is 11.7. The topological polar surface area (TPSA) is 43.8 Å². The van der Waals surface area contributed by atoms with Crippen molar-refractivity contribution in [1.82, 2.24) is 9.80 Å². The van der Waals surface area contributed by atoms with E-state index in [-0.39, 0.29) is 5.91 Å². The number of hydrogen-bond donors (Lipinski definition) is 1. The zero-order valence-corrected chi connectivity index (χ0v) is 13.1. The van der Waals surface area contributed by atoms with Gasteiger partial charge in [0.15, 0.2) is 0 Å². The zero-order chi connectivity index (χ0) is 15.3. The van der Waals surface area contributed by atoms with E-state index in [9.17, 15) is 9.90 Å². The first-order chi connectivity index (χ1) is 9.98. The minimum atomic E-state index is -0.724. The molecule has 1 amide bonds. The molecule has 0 spiro atoms. The Labute approximate surface area is 127 Å². The summed E-state index contributed by atoms with van der Waals surface area (Å²) in [5, 5.41) is 10.7. The van der Waals surface area contributed by atoms with Crippen LogP contribution in [-0.2, 0) is 11.3 Å². The van der Waals surface area contributed by atoms with E-state index in [1.54, 1.807) is 19.0 Å². The maximum Gasteiger partial charge on any atom is 0.222 e. The highest BCUT2D eigenvalue weighted by Gasteiger charge is 2.33. The van der Waals surface area contributed by atoms with Crippen molar-refractivity contribution in [3.8, 4) is 0 Å². The molecule has 0 radical (unpaired) electrons. The van der Waals surface area contributed by atoms with E-state index in [4.69, 9.17) is 0 Å². The SMILES string of the molecule is CN(C)C(=O)CC[C@]1(O)CCCN(Cc2ccccc2)C1. The molecule has 4 heteroatoms. The number of hydrogen-bond acceptors (Lipinski definition) is 3. The molecule has 1 aromatic rings. The summed E-state index contributed by atoms with van der Waals surface area (Å²) >= 11 is 0. The Hall–Kier alpha value is -1.39. The second-order valence-corrected chi connectivity index (χ2v) is 6.31. The van der Waals surface area contributed by atoms with Gasteiger partial charge in [0.1, 0.15) is 0 Å². The number of piperidine rings is 1. The highest BCUT2D eigenvalue weighted by atomic mass is 16.3. The van der Waals surface area contributed by atoms with E-state index < -0.39 is 5.60 Å². The van der Waals surface area contributed by atoms with Crippen molar-refractivity contribution >= 4 is 5.91 Å². The Bertz CT molecular complexity index is 461. The number of rotatable bonds is 5. The van der Waals surface area contributed by atoms with Gasteiger partial charge in [-0.3, -0.25) is 9.69 Å². The lowest BCUT2D eigenvalue weighted by Crippen LogP contribution is -2.48. The van der Waals surface area contributed by atoms with Crippen LogP contribution in [0.15, 0.2) is 30.3 Å². The first kappa shape index (κ1) is 16.0. The van der Waals surface area contributed by atoms with Gasteiger partial charge in [0, 0.05) is 33.6 Å². The molecule has 1 aliphatic heterocycles. The lowest BCUT2D eigenvalue weighted by atomic mass is 9.88. The molecule has 21 heavy (non-hydrogen) atoms. The van der Waals surface area contributed by atoms with Crippen molar-refractivity contribution < 1.29 is 9.90 Å². The van der Waals surface area contributed by atoms with Crippen LogP contribution in [-0.4, -0.2) is 53.6 Å². The summed E-state index contributed by atoms with van der Waals surface area (Å²) in [5.41, 5.74) is 0.546. The first-order valence-electron chi connectivity index (χ1n) is 7.67. The number of carbonyl (C=O) groups is 1. The number of benzene rings is 1. The van der Waals surface area contributed by atoms with E-state index in [0.29, 0.717) is 19.4 Å². The summed E-state index contributed by atoms with van der Waals surface area (Å²) in [6.45, 7) is 2.53. The van der Waals surface area contributed by atoms with Crippen molar-refractivity contribution in [2.75, 3.05) is 27.2 Å². The number of aliphatic hydroxyl groups is 1. The normalized spacial score (nSPS) is 23.0. The van der Waals surface area contributed by atoms with E-state index >= 15 is 0 Å². The average molecular weight is 290 g/mol. The minimum Gasteiger partial charge on any atom is -0.389 e. The van der Waals surface area contributed by atoms with Gasteiger partial charge in [-0.2, -0.15) is 0 Å². The highest BCUT2D eigenvalue weighted by molar-refractivity contribution is 5.75. The summed E-state index contributed by atoms with van der Waals surface area (Å²) in [4.78, 5) is 15.6. The molecular formula is C17H26N2O2. The number of β-amino-alcohol motifs (C(OH)–C–C–N with tert-alkyl or cyclic N) is 1. The number of nitrogens with zero attached hydrogens (tertiary/aromatic N) is 2. The van der Waals surface area contributed by atoms with Gasteiger partial charge < -0.3 is 10.0 Å². The second kappa shape index (κ2) is 7.05. The van der Waals surface area contributed by atoms with Crippen molar-refractivity contribution in [1.29, 1.82) is 0 Å². The van der Waals surface area contributed by atoms with Gasteiger partial charge >= 0.3 is 0 Å². The number of likely N-dealkylation sites (tertiary alicyclic amines) is 1. The van der Waals surface area contributed by atoms with Crippen LogP contribution in [0.3, 0.4) is 0 Å². The summed E-state index contributed by atoms with van der Waals surface area (Å²) in [7, 11) is 3.52. The summed E-state index contributed by atoms with van der Waals surface area (Å²) < 4.78 is 0. The standard InChI is InChI=1S/C17H26N2O2/c1-18(2)16(20)9-11-17(21)10-6-12-19(14-17)13-15-7-4-3-5-8-15/h3-5,7-8,21H,6,9-14H2,1-2H3/t17-/m1/s1. The predicted molar refractivity (Wildman–Crippen MR) is 83.8 cm³/mol. The summed E-state index contributed by atoms with van der Waals surface area (Å²) in [5.74, 6) is 0.0867. The van der Waals surface area contributed by atoms with Crippen LogP contribution in [0, 0.1) is 0 Å². The molecule has 1 aromatic carbocycles. The van der Waals surface area contributed by atoms with Crippen LogP contribution in [0.4, 0.5) is 0 Å². The largest absolute Gasteiger partial charge is 0.389 e. The Morgan fingerprint density at radius 1 is 1.33 bits per heavy atom. The third kappa shape index (κ3) is 4.83. The van der Waals surface area contributed by atoms with Crippen molar-refractivity contribution in [2.45, 2.75) is 37.8 Å². The van der Waals surface area contributed by atoms with Gasteiger partial charge in [-0.05, 0) is 31.4 Å². The fraction of sp³-hybridized carbons (Fsp3) is 0.588. The third-order valence-corrected chi connectivity index (χ3v) is 4.19. The lowest BCUT2D eigenvalue weighted by Gasteiger charge is -2.39. The van der Waals surface area contributed by atoms with Crippen LogP contribution in [0.1, 0.15) is 31.2 Å². The lowest BCUT2D eigenvalue weighted by molar-refractivity contribution is -0.130. The Balaban J connectivity index is 1.88. The Morgan fingerprint density at radius 2 is 2.05 bits per heavy atom. The van der Waals surface area contributed by atoms with Crippen LogP contribution >= 0.6 is 0 Å². The van der Waals surface area contributed by atoms with Gasteiger partial charge in [-0.25, -0.2) is 0 Å². The number of carbonyl (C=O) groups excluding carboxylic acids is 1. The molecule has 0 aromatic heterocycles. The fourth-order valence-electron chi connectivity index (χ4n) is 2.95. The predicted octanol–water partition coefficient (Wildman–Crippen LogP) is 1.88. The molecule has 1 atom stereocenters. The summed E-state index contributed by atoms with van der Waals surface area (Å²) in [6.07, 6.45) is 2.75. The average Bonchev–Trinajstić information content (AvgIpc) is 2.46. The van der Waals surface area contributed by atoms with E-state index in [0.717, 1.165) is 25.9 Å². The number of amides is 1. The molecular weight excluding hydrogens is 264 g/mol. The molecule has 1 saturated heterocycles. The highest BCUT2D eigenvalue weighted by Crippen LogP contribution is 2.27. The maximum absolute atomic E-state index is 11.7. The molecule has 0 unspecified atom stereocenters. The minimum absolute atomic E-state index is 0.0867. The van der Waals surface area contributed by atoms with Gasteiger partial charge in [0.2, 0.25) is 5.91 Å². The molecule has 116 valence electrons. The van der Waals surface area contributed by atoms with Gasteiger partial charge in [-0.15, -0.1) is 0 Å². The molecule has 0 bridgehead atoms. The third-order valence-electron chi connectivity index (χ3n) is 4.19. The fourth-order valence-corrected chi connectivity index (χ4v) is 2.95. The van der Waals surface area contributed by atoms with Crippen LogP contribution < -0.4 is 0 Å². The van der Waals surface area contributed by atoms with Gasteiger partial charge in [0.25, 0.3) is 0 Å². The zero-order valence-electron chi connectivity index (χ0n) is 13.1.